The molecule has 0 aromatic heterocycles. The Morgan fingerprint density at radius 1 is 1.57 bits per heavy atom. The van der Waals surface area contributed by atoms with E-state index in [1.54, 1.807) is 0 Å². The standard InChI is InChI=1S/C11H13ClN2/c1-6-8(11(13)14)5-7-3-2-4-9(12)10(6)7/h2-4,6,8H,5H2,1H3,(H3,13,14). The van der Waals surface area contributed by atoms with Gasteiger partial charge in [0.25, 0.3) is 0 Å². The summed E-state index contributed by atoms with van der Waals surface area (Å²) in [6.07, 6.45) is 0.854. The lowest BCUT2D eigenvalue weighted by Crippen LogP contribution is -2.24. The van der Waals surface area contributed by atoms with Crippen molar-refractivity contribution in [1.29, 1.82) is 5.41 Å². The molecule has 2 rings (SSSR count). The Hall–Kier alpha value is -1.02. The Morgan fingerprint density at radius 2 is 2.29 bits per heavy atom. The highest BCUT2D eigenvalue weighted by Gasteiger charge is 2.32. The van der Waals surface area contributed by atoms with Crippen LogP contribution in [0, 0.1) is 11.3 Å². The van der Waals surface area contributed by atoms with E-state index in [1.165, 1.54) is 11.1 Å². The summed E-state index contributed by atoms with van der Waals surface area (Å²) in [6, 6.07) is 5.93. The van der Waals surface area contributed by atoms with Gasteiger partial charge in [0, 0.05) is 10.9 Å². The van der Waals surface area contributed by atoms with E-state index < -0.39 is 0 Å². The molecule has 2 unspecified atom stereocenters. The van der Waals surface area contributed by atoms with Gasteiger partial charge in [-0.3, -0.25) is 5.41 Å². The Balaban J connectivity index is 2.46. The maximum absolute atomic E-state index is 7.50. The molecule has 2 nitrogen and oxygen atoms in total. The van der Waals surface area contributed by atoms with E-state index in [0.717, 1.165) is 11.4 Å². The molecule has 0 fully saturated rings. The van der Waals surface area contributed by atoms with E-state index in [0.29, 0.717) is 0 Å². The fourth-order valence-corrected chi connectivity index (χ4v) is 2.63. The first-order valence-corrected chi connectivity index (χ1v) is 5.10. The second kappa shape index (κ2) is 3.28. The molecule has 14 heavy (non-hydrogen) atoms. The molecule has 1 aliphatic rings. The van der Waals surface area contributed by atoms with Gasteiger partial charge in [0.15, 0.2) is 0 Å². The van der Waals surface area contributed by atoms with Crippen LogP contribution in [-0.2, 0) is 6.42 Å². The van der Waals surface area contributed by atoms with E-state index >= 15 is 0 Å². The van der Waals surface area contributed by atoms with Gasteiger partial charge >= 0.3 is 0 Å². The number of nitrogens with one attached hydrogen (secondary N) is 1. The molecule has 0 radical (unpaired) electrons. The van der Waals surface area contributed by atoms with Crippen molar-refractivity contribution >= 4 is 17.4 Å². The Kier molecular flexibility index (Phi) is 2.23. The minimum absolute atomic E-state index is 0.130. The summed E-state index contributed by atoms with van der Waals surface area (Å²) in [5.74, 6) is 0.672. The second-order valence-electron chi connectivity index (χ2n) is 3.87. The van der Waals surface area contributed by atoms with Gasteiger partial charge in [-0.25, -0.2) is 0 Å². The van der Waals surface area contributed by atoms with Crippen LogP contribution >= 0.6 is 11.6 Å². The SMILES string of the molecule is CC1c2c(Cl)cccc2CC1C(=N)N. The van der Waals surface area contributed by atoms with Crippen molar-refractivity contribution in [1.82, 2.24) is 0 Å². The summed E-state index contributed by atoms with van der Waals surface area (Å²) in [7, 11) is 0. The Bertz CT molecular complexity index is 387. The monoisotopic (exact) mass is 208 g/mol. The normalized spacial score (nSPS) is 24.7. The summed E-state index contributed by atoms with van der Waals surface area (Å²) < 4.78 is 0. The van der Waals surface area contributed by atoms with E-state index in [9.17, 15) is 0 Å². The van der Waals surface area contributed by atoms with Gasteiger partial charge in [0.05, 0.1) is 5.84 Å². The van der Waals surface area contributed by atoms with E-state index in [4.69, 9.17) is 22.7 Å². The lowest BCUT2D eigenvalue weighted by molar-refractivity contribution is 0.619. The van der Waals surface area contributed by atoms with Crippen LogP contribution in [0.15, 0.2) is 18.2 Å². The minimum atomic E-state index is 0.130. The van der Waals surface area contributed by atoms with Crippen LogP contribution in [0.4, 0.5) is 0 Å². The van der Waals surface area contributed by atoms with Crippen molar-refractivity contribution in [2.45, 2.75) is 19.3 Å². The van der Waals surface area contributed by atoms with E-state index in [1.807, 2.05) is 12.1 Å². The number of hydrogen-bond acceptors (Lipinski definition) is 1. The number of nitrogens with two attached hydrogens (primary N) is 1. The zero-order valence-electron chi connectivity index (χ0n) is 8.05. The van der Waals surface area contributed by atoms with Crippen molar-refractivity contribution in [3.05, 3.63) is 34.3 Å². The summed E-state index contributed by atoms with van der Waals surface area (Å²) in [6.45, 7) is 2.09. The van der Waals surface area contributed by atoms with Crippen LogP contribution in [0.3, 0.4) is 0 Å². The smallest absolute Gasteiger partial charge is 0.0946 e. The quantitative estimate of drug-likeness (QED) is 0.541. The molecule has 0 saturated carbocycles. The fraction of sp³-hybridized carbons (Fsp3) is 0.364. The first-order chi connectivity index (χ1) is 6.61. The average molecular weight is 209 g/mol. The molecule has 1 aromatic rings. The first-order valence-electron chi connectivity index (χ1n) is 4.72. The fourth-order valence-electron chi connectivity index (χ4n) is 2.26. The van der Waals surface area contributed by atoms with Gasteiger partial charge in [-0.1, -0.05) is 30.7 Å². The highest BCUT2D eigenvalue weighted by atomic mass is 35.5. The third-order valence-electron chi connectivity index (χ3n) is 3.04. The maximum atomic E-state index is 7.50. The summed E-state index contributed by atoms with van der Waals surface area (Å²) in [4.78, 5) is 0. The molecule has 74 valence electrons. The van der Waals surface area contributed by atoms with Crippen LogP contribution in [0.5, 0.6) is 0 Å². The zero-order valence-corrected chi connectivity index (χ0v) is 8.81. The predicted octanol–water partition coefficient (Wildman–Crippen LogP) is 2.55. The van der Waals surface area contributed by atoms with Crippen LogP contribution < -0.4 is 5.73 Å². The number of fused-ring (bicyclic) bond motifs is 1. The third kappa shape index (κ3) is 1.30. The molecule has 0 aliphatic heterocycles. The minimum Gasteiger partial charge on any atom is -0.387 e. The maximum Gasteiger partial charge on any atom is 0.0946 e. The summed E-state index contributed by atoms with van der Waals surface area (Å²) >= 11 is 6.12. The van der Waals surface area contributed by atoms with Crippen molar-refractivity contribution < 1.29 is 0 Å². The molecule has 0 bridgehead atoms. The molecule has 1 aliphatic carbocycles. The van der Waals surface area contributed by atoms with E-state index in [-0.39, 0.29) is 17.7 Å². The predicted molar refractivity (Wildman–Crippen MR) is 59.0 cm³/mol. The summed E-state index contributed by atoms with van der Waals surface area (Å²) in [5.41, 5.74) is 7.97. The molecule has 0 amide bonds. The largest absolute Gasteiger partial charge is 0.387 e. The highest BCUT2D eigenvalue weighted by Crippen LogP contribution is 2.41. The van der Waals surface area contributed by atoms with Crippen molar-refractivity contribution in [3.63, 3.8) is 0 Å². The number of amidine groups is 1. The van der Waals surface area contributed by atoms with Crippen molar-refractivity contribution in [3.8, 4) is 0 Å². The lowest BCUT2D eigenvalue weighted by atomic mass is 9.94. The van der Waals surface area contributed by atoms with Crippen molar-refractivity contribution in [2.24, 2.45) is 11.7 Å². The molecular formula is C11H13ClN2. The molecule has 3 N–H and O–H groups in total. The molecule has 2 atom stereocenters. The van der Waals surface area contributed by atoms with E-state index in [2.05, 4.69) is 13.0 Å². The molecule has 3 heteroatoms. The number of hydrogen-bond donors (Lipinski definition) is 2. The van der Waals surface area contributed by atoms with Gasteiger partial charge in [-0.05, 0) is 29.5 Å². The zero-order chi connectivity index (χ0) is 10.3. The number of rotatable bonds is 1. The van der Waals surface area contributed by atoms with Gasteiger partial charge in [0.1, 0.15) is 0 Å². The van der Waals surface area contributed by atoms with Gasteiger partial charge < -0.3 is 5.73 Å². The second-order valence-corrected chi connectivity index (χ2v) is 4.27. The lowest BCUT2D eigenvalue weighted by Gasteiger charge is -2.14. The highest BCUT2D eigenvalue weighted by molar-refractivity contribution is 6.31. The molecule has 0 heterocycles. The Labute approximate surface area is 88.6 Å². The third-order valence-corrected chi connectivity index (χ3v) is 3.37. The van der Waals surface area contributed by atoms with Gasteiger partial charge in [0.2, 0.25) is 0 Å². The first kappa shape index (κ1) is 9.53. The Morgan fingerprint density at radius 3 is 2.86 bits per heavy atom. The molecule has 0 saturated heterocycles. The molecule has 1 aromatic carbocycles. The van der Waals surface area contributed by atoms with Crippen LogP contribution in [0.25, 0.3) is 0 Å². The van der Waals surface area contributed by atoms with Crippen molar-refractivity contribution in [2.75, 3.05) is 0 Å². The number of benzene rings is 1. The average Bonchev–Trinajstić information content (AvgIpc) is 2.45. The number of halogens is 1. The molecular weight excluding hydrogens is 196 g/mol. The molecule has 0 spiro atoms. The van der Waals surface area contributed by atoms with Gasteiger partial charge in [-0.2, -0.15) is 0 Å². The van der Waals surface area contributed by atoms with Crippen LogP contribution in [-0.4, -0.2) is 5.84 Å². The topological polar surface area (TPSA) is 49.9 Å². The van der Waals surface area contributed by atoms with Crippen LogP contribution in [0.2, 0.25) is 5.02 Å². The van der Waals surface area contributed by atoms with Crippen LogP contribution in [0.1, 0.15) is 24.0 Å². The summed E-state index contributed by atoms with van der Waals surface area (Å²) in [5, 5.41) is 8.31. The van der Waals surface area contributed by atoms with Gasteiger partial charge in [-0.15, -0.1) is 0 Å².